The van der Waals surface area contributed by atoms with Crippen molar-refractivity contribution in [2.45, 2.75) is 218 Å². The molecule has 3 saturated heterocycles. The van der Waals surface area contributed by atoms with Gasteiger partial charge < -0.3 is 79.5 Å². The van der Waals surface area contributed by atoms with Crippen LogP contribution in [0, 0.1) is 50.2 Å². The lowest BCUT2D eigenvalue weighted by atomic mass is 9.33. The highest BCUT2D eigenvalue weighted by Gasteiger charge is 2.70. The van der Waals surface area contributed by atoms with Crippen LogP contribution in [0.2, 0.25) is 0 Å². The average Bonchev–Trinajstić information content (AvgIpc) is 3.24. The van der Waals surface area contributed by atoms with Gasteiger partial charge in [0.2, 0.25) is 0 Å². The summed E-state index contributed by atoms with van der Waals surface area (Å²) in [6.45, 7) is 16.6. The van der Waals surface area contributed by atoms with Crippen LogP contribution in [-0.2, 0) is 38.0 Å². The van der Waals surface area contributed by atoms with Crippen LogP contribution < -0.4 is 0 Å². The molecule has 23 atom stereocenters. The summed E-state index contributed by atoms with van der Waals surface area (Å²) >= 11 is 0. The molecule has 0 aromatic rings. The molecule has 0 unspecified atom stereocenters. The van der Waals surface area contributed by atoms with Crippen molar-refractivity contribution in [3.05, 3.63) is 11.6 Å². The maximum Gasteiger partial charge on any atom is 0.335 e. The number of ether oxygens (including phenoxy) is 6. The van der Waals surface area contributed by atoms with Crippen molar-refractivity contribution in [2.24, 2.45) is 50.2 Å². The van der Waals surface area contributed by atoms with Gasteiger partial charge in [0, 0.05) is 0 Å². The van der Waals surface area contributed by atoms with E-state index in [1.54, 1.807) is 0 Å². The van der Waals surface area contributed by atoms with Crippen molar-refractivity contribution < 1.29 is 89.1 Å². The van der Waals surface area contributed by atoms with Gasteiger partial charge in [-0.2, -0.15) is 0 Å². The predicted octanol–water partition coefficient (Wildman–Crippen LogP) is 1.83. The SMILES string of the molecule is C[C@@H]1O[C@@H](O[C@@H]2[C@@H](O)[C@H](O)[C@@H](O[C@@H]3[C@H](O)[C@@H](O)[C@@H](O[C@@H]4CC[C@@]5(C)[C@H]6CC=C7[C@H]8CC(C)(C)CC[C@]8(C(=O)O)CC[C@]7(C)[C@@]6(C)CC[C@H]5C4(C)C)O[C@@H]3C(=O)O)O[C@H]2CO)[C@@H](O)[C@H](O)[C@@H]1O. The molecule has 5 aliphatic carbocycles. The summed E-state index contributed by atoms with van der Waals surface area (Å²) in [4.78, 5) is 25.9. The molecule has 7 fully saturated rings. The zero-order valence-electron chi connectivity index (χ0n) is 39.6. The van der Waals surface area contributed by atoms with Gasteiger partial charge in [0.15, 0.2) is 25.0 Å². The Morgan fingerprint density at radius 2 is 1.26 bits per heavy atom. The van der Waals surface area contributed by atoms with Gasteiger partial charge in [0.05, 0.1) is 24.2 Å². The molecular weight excluding hydrogens is 865 g/mol. The molecule has 0 aromatic carbocycles. The van der Waals surface area contributed by atoms with Gasteiger partial charge in [-0.1, -0.05) is 60.1 Å². The quantitative estimate of drug-likeness (QED) is 0.117. The second-order valence-corrected chi connectivity index (χ2v) is 23.5. The normalized spacial score (nSPS) is 53.3. The van der Waals surface area contributed by atoms with Gasteiger partial charge in [-0.05, 0) is 116 Å². The monoisotopic (exact) mass is 941 g/mol. The van der Waals surface area contributed by atoms with E-state index in [-0.39, 0.29) is 33.5 Å². The molecule has 8 aliphatic rings. The maximum atomic E-state index is 13.1. The van der Waals surface area contributed by atoms with Gasteiger partial charge in [-0.3, -0.25) is 4.79 Å². The summed E-state index contributed by atoms with van der Waals surface area (Å²) in [5.41, 5.74) is -0.173. The first-order chi connectivity index (χ1) is 30.7. The molecular formula is C48H76O18. The summed E-state index contributed by atoms with van der Waals surface area (Å²) in [5.74, 6) is -1.77. The lowest BCUT2D eigenvalue weighted by molar-refractivity contribution is -0.379. The Hall–Kier alpha value is -1.88. The lowest BCUT2D eigenvalue weighted by Gasteiger charge is -2.71. The predicted molar refractivity (Wildman–Crippen MR) is 230 cm³/mol. The number of carbonyl (C=O) groups is 2. The first kappa shape index (κ1) is 50.5. The van der Waals surface area contributed by atoms with Gasteiger partial charge >= 0.3 is 11.9 Å². The van der Waals surface area contributed by atoms with E-state index in [1.165, 1.54) is 12.5 Å². The fourth-order valence-electron chi connectivity index (χ4n) is 15.1. The number of carboxylic acids is 2. The van der Waals surface area contributed by atoms with Crippen LogP contribution in [0.4, 0.5) is 0 Å². The molecule has 376 valence electrons. The van der Waals surface area contributed by atoms with Crippen molar-refractivity contribution in [3.63, 3.8) is 0 Å². The highest BCUT2D eigenvalue weighted by molar-refractivity contribution is 5.76. The third-order valence-electron chi connectivity index (χ3n) is 19.3. The molecule has 0 amide bonds. The number of aliphatic carboxylic acids is 2. The lowest BCUT2D eigenvalue weighted by Crippen LogP contribution is -2.67. The number of allylic oxidation sites excluding steroid dienone is 2. The summed E-state index contributed by atoms with van der Waals surface area (Å²) in [5, 5.41) is 107. The van der Waals surface area contributed by atoms with E-state index in [0.717, 1.165) is 44.9 Å². The smallest absolute Gasteiger partial charge is 0.335 e. The molecule has 0 spiro atoms. The Bertz CT molecular complexity index is 1860. The topological polar surface area (TPSA) is 292 Å². The number of fused-ring (bicyclic) bond motifs is 7. The summed E-state index contributed by atoms with van der Waals surface area (Å²) in [6, 6.07) is 0. The number of hydrogen-bond donors (Lipinski definition) is 10. The minimum Gasteiger partial charge on any atom is -0.481 e. The summed E-state index contributed by atoms with van der Waals surface area (Å²) in [6.07, 6.45) is -15.7. The summed E-state index contributed by atoms with van der Waals surface area (Å²) < 4.78 is 35.0. The molecule has 0 aromatic heterocycles. The Labute approximate surface area is 386 Å². The number of hydrogen-bond acceptors (Lipinski definition) is 16. The van der Waals surface area contributed by atoms with Crippen molar-refractivity contribution in [1.82, 2.24) is 0 Å². The van der Waals surface area contributed by atoms with E-state index < -0.39 is 128 Å². The number of carboxylic acid groups (broad SMARTS) is 2. The molecule has 18 nitrogen and oxygen atoms in total. The van der Waals surface area contributed by atoms with Crippen LogP contribution in [-0.4, -0.2) is 168 Å². The van der Waals surface area contributed by atoms with Crippen LogP contribution in [0.15, 0.2) is 11.6 Å². The first-order valence-corrected chi connectivity index (χ1v) is 24.2. The maximum absolute atomic E-state index is 13.1. The summed E-state index contributed by atoms with van der Waals surface area (Å²) in [7, 11) is 0. The first-order valence-electron chi connectivity index (χ1n) is 24.2. The fourth-order valence-corrected chi connectivity index (χ4v) is 15.1. The number of aliphatic hydroxyl groups is 8. The van der Waals surface area contributed by atoms with Crippen molar-refractivity contribution >= 4 is 11.9 Å². The number of aliphatic hydroxyl groups excluding tert-OH is 8. The highest BCUT2D eigenvalue weighted by Crippen LogP contribution is 2.76. The van der Waals surface area contributed by atoms with Crippen LogP contribution >= 0.6 is 0 Å². The Morgan fingerprint density at radius 3 is 1.89 bits per heavy atom. The second kappa shape index (κ2) is 17.5. The van der Waals surface area contributed by atoms with E-state index >= 15 is 0 Å². The third-order valence-corrected chi connectivity index (χ3v) is 19.3. The van der Waals surface area contributed by atoms with Crippen LogP contribution in [0.25, 0.3) is 0 Å². The van der Waals surface area contributed by atoms with Crippen LogP contribution in [0.1, 0.15) is 120 Å². The minimum atomic E-state index is -2.00. The number of rotatable bonds is 9. The molecule has 4 saturated carbocycles. The Morgan fingerprint density at radius 1 is 0.667 bits per heavy atom. The molecule has 10 N–H and O–H groups in total. The van der Waals surface area contributed by atoms with Crippen molar-refractivity contribution in [1.29, 1.82) is 0 Å². The van der Waals surface area contributed by atoms with E-state index in [2.05, 4.69) is 54.5 Å². The zero-order chi connectivity index (χ0) is 48.4. The average molecular weight is 941 g/mol. The minimum absolute atomic E-state index is 0.00446. The van der Waals surface area contributed by atoms with Gasteiger partial charge in [0.25, 0.3) is 0 Å². The van der Waals surface area contributed by atoms with E-state index in [4.69, 9.17) is 28.4 Å². The van der Waals surface area contributed by atoms with Gasteiger partial charge in [-0.15, -0.1) is 0 Å². The molecule has 66 heavy (non-hydrogen) atoms. The van der Waals surface area contributed by atoms with E-state index in [0.29, 0.717) is 25.2 Å². The fraction of sp³-hybridized carbons (Fsp3) is 0.917. The zero-order valence-corrected chi connectivity index (χ0v) is 39.6. The third kappa shape index (κ3) is 7.74. The highest BCUT2D eigenvalue weighted by atomic mass is 16.8. The van der Waals surface area contributed by atoms with Crippen LogP contribution in [0.5, 0.6) is 0 Å². The molecule has 8 rings (SSSR count). The van der Waals surface area contributed by atoms with Crippen molar-refractivity contribution in [2.75, 3.05) is 6.61 Å². The van der Waals surface area contributed by atoms with E-state index in [1.807, 2.05) is 0 Å². The van der Waals surface area contributed by atoms with Crippen LogP contribution in [0.3, 0.4) is 0 Å². The Kier molecular flexibility index (Phi) is 13.4. The largest absolute Gasteiger partial charge is 0.481 e. The van der Waals surface area contributed by atoms with Crippen molar-refractivity contribution in [3.8, 4) is 0 Å². The van der Waals surface area contributed by atoms with Gasteiger partial charge in [-0.25, -0.2) is 4.79 Å². The second-order valence-electron chi connectivity index (χ2n) is 23.5. The standard InChI is InChI=1S/C48H76O18/c1-21-28(50)29(51)32(54)39(61-21)64-35-24(20-49)62-40(33(55)30(35)52)65-36-31(53)34(56)41(66-37(36)38(57)58)63-27-12-13-45(6)25(44(27,4)5)11-14-47(8)26(45)10-9-22-23-19-43(2,3)15-17-48(23,42(59)60)18-16-46(22,47)7/h9,21,23-37,39-41,49-56H,10-20H2,1-8H3,(H,57,58)(H,59,60)/t21-,23+,24-,25-,26+,27+,28+,29+,30-,31+,32-,33-,34+,35-,36+,37-,39-,40+,41-,45+,46-,47-,48-/m0/s1. The molecule has 18 heteroatoms. The molecule has 0 radical (unpaired) electrons. The molecule has 0 bridgehead atoms. The Balaban J connectivity index is 0.958. The van der Waals surface area contributed by atoms with E-state index in [9.17, 15) is 60.7 Å². The molecule has 3 heterocycles. The van der Waals surface area contributed by atoms with Gasteiger partial charge in [0.1, 0.15) is 61.0 Å². The molecule has 3 aliphatic heterocycles.